The molecule has 0 aliphatic heterocycles. The number of ether oxygens (including phenoxy) is 1. The van der Waals surface area contributed by atoms with Crippen LogP contribution in [-0.2, 0) is 4.79 Å². The van der Waals surface area contributed by atoms with Gasteiger partial charge in [-0.2, -0.15) is 0 Å². The Morgan fingerprint density at radius 1 is 1.00 bits per heavy atom. The molecule has 1 atom stereocenters. The lowest BCUT2D eigenvalue weighted by atomic mass is 9.95. The van der Waals surface area contributed by atoms with Crippen molar-refractivity contribution in [1.29, 1.82) is 0 Å². The van der Waals surface area contributed by atoms with E-state index in [0.717, 1.165) is 29.5 Å². The summed E-state index contributed by atoms with van der Waals surface area (Å²) in [6.07, 6.45) is 2.21. The van der Waals surface area contributed by atoms with Gasteiger partial charge in [-0.1, -0.05) is 67.9 Å². The molecule has 4 heteroatoms. The molecule has 0 heterocycles. The molecular weight excluding hydrogens is 365 g/mol. The zero-order valence-corrected chi connectivity index (χ0v) is 16.8. The van der Waals surface area contributed by atoms with Crippen LogP contribution in [0.25, 0.3) is 11.1 Å². The standard InChI is InChI=1S/C25H26FNO2/c1-3-4-13-24(28)27-25(19-11-8-12-21(26)16-19)20-14-15-22(23(17-20)29-2)18-9-6-5-7-10-18/h5-12,14-17,25H,3-4,13H2,1-2H3,(H,27,28). The third-order valence-corrected chi connectivity index (χ3v) is 4.89. The largest absolute Gasteiger partial charge is 0.496 e. The first-order valence-electron chi connectivity index (χ1n) is 9.90. The molecule has 1 amide bonds. The van der Waals surface area contributed by atoms with E-state index in [1.165, 1.54) is 12.1 Å². The van der Waals surface area contributed by atoms with Gasteiger partial charge in [-0.05, 0) is 41.3 Å². The van der Waals surface area contributed by atoms with Gasteiger partial charge in [0.25, 0.3) is 0 Å². The summed E-state index contributed by atoms with van der Waals surface area (Å²) in [4.78, 5) is 12.5. The van der Waals surface area contributed by atoms with Gasteiger partial charge in [0, 0.05) is 12.0 Å². The predicted octanol–water partition coefficient (Wildman–Crippen LogP) is 5.90. The van der Waals surface area contributed by atoms with Crippen LogP contribution in [0.4, 0.5) is 4.39 Å². The Morgan fingerprint density at radius 3 is 2.45 bits per heavy atom. The molecule has 29 heavy (non-hydrogen) atoms. The smallest absolute Gasteiger partial charge is 0.220 e. The van der Waals surface area contributed by atoms with E-state index in [-0.39, 0.29) is 11.7 Å². The van der Waals surface area contributed by atoms with Crippen LogP contribution in [0.2, 0.25) is 0 Å². The van der Waals surface area contributed by atoms with Gasteiger partial charge in [0.1, 0.15) is 11.6 Å². The minimum Gasteiger partial charge on any atom is -0.496 e. The van der Waals surface area contributed by atoms with E-state index >= 15 is 0 Å². The summed E-state index contributed by atoms with van der Waals surface area (Å²) in [5.41, 5.74) is 3.55. The maximum absolute atomic E-state index is 13.9. The van der Waals surface area contributed by atoms with Gasteiger partial charge in [-0.25, -0.2) is 4.39 Å². The molecule has 0 saturated carbocycles. The average molecular weight is 391 g/mol. The summed E-state index contributed by atoms with van der Waals surface area (Å²) in [6.45, 7) is 2.05. The van der Waals surface area contributed by atoms with E-state index in [1.807, 2.05) is 61.5 Å². The fourth-order valence-corrected chi connectivity index (χ4v) is 3.36. The van der Waals surface area contributed by atoms with Crippen LogP contribution in [0.15, 0.2) is 72.8 Å². The van der Waals surface area contributed by atoms with Gasteiger partial charge in [0.2, 0.25) is 5.91 Å². The highest BCUT2D eigenvalue weighted by atomic mass is 19.1. The number of halogens is 1. The Hall–Kier alpha value is -3.14. The van der Waals surface area contributed by atoms with Crippen molar-refractivity contribution in [3.8, 4) is 16.9 Å². The van der Waals surface area contributed by atoms with Gasteiger partial charge >= 0.3 is 0 Å². The number of amides is 1. The topological polar surface area (TPSA) is 38.3 Å². The first kappa shape index (κ1) is 20.6. The van der Waals surface area contributed by atoms with E-state index in [1.54, 1.807) is 13.2 Å². The summed E-state index contributed by atoms with van der Waals surface area (Å²) in [5, 5.41) is 3.06. The number of nitrogens with one attached hydrogen (secondary N) is 1. The summed E-state index contributed by atoms with van der Waals surface area (Å²) >= 11 is 0. The highest BCUT2D eigenvalue weighted by Crippen LogP contribution is 2.34. The number of carbonyl (C=O) groups is 1. The molecular formula is C25H26FNO2. The number of benzene rings is 3. The Labute approximate surface area is 171 Å². The minimum atomic E-state index is -0.450. The van der Waals surface area contributed by atoms with Crippen molar-refractivity contribution in [3.63, 3.8) is 0 Å². The number of carbonyl (C=O) groups excluding carboxylic acids is 1. The van der Waals surface area contributed by atoms with Crippen LogP contribution in [0.1, 0.15) is 43.4 Å². The summed E-state index contributed by atoms with van der Waals surface area (Å²) in [6, 6.07) is 21.7. The Kier molecular flexibility index (Phi) is 7.01. The predicted molar refractivity (Wildman–Crippen MR) is 114 cm³/mol. The Morgan fingerprint density at radius 2 is 1.76 bits per heavy atom. The van der Waals surface area contributed by atoms with E-state index in [2.05, 4.69) is 5.32 Å². The van der Waals surface area contributed by atoms with Crippen molar-refractivity contribution in [2.75, 3.05) is 7.11 Å². The summed E-state index contributed by atoms with van der Waals surface area (Å²) in [5.74, 6) is 0.327. The molecule has 150 valence electrons. The van der Waals surface area contributed by atoms with Crippen LogP contribution >= 0.6 is 0 Å². The molecule has 0 spiro atoms. The molecule has 3 aromatic carbocycles. The zero-order valence-electron chi connectivity index (χ0n) is 16.8. The second kappa shape index (κ2) is 9.87. The van der Waals surface area contributed by atoms with Gasteiger partial charge in [-0.15, -0.1) is 0 Å². The molecule has 0 radical (unpaired) electrons. The number of hydrogen-bond acceptors (Lipinski definition) is 2. The maximum atomic E-state index is 13.9. The lowest BCUT2D eigenvalue weighted by Gasteiger charge is -2.21. The highest BCUT2D eigenvalue weighted by Gasteiger charge is 2.19. The number of unbranched alkanes of at least 4 members (excludes halogenated alkanes) is 1. The molecule has 0 fully saturated rings. The monoisotopic (exact) mass is 391 g/mol. The molecule has 1 unspecified atom stereocenters. The fraction of sp³-hybridized carbons (Fsp3) is 0.240. The summed E-state index contributed by atoms with van der Waals surface area (Å²) in [7, 11) is 1.63. The first-order chi connectivity index (χ1) is 14.1. The first-order valence-corrected chi connectivity index (χ1v) is 9.90. The third kappa shape index (κ3) is 5.23. The molecule has 3 aromatic rings. The van der Waals surface area contributed by atoms with Gasteiger partial charge in [0.05, 0.1) is 13.2 Å². The molecule has 0 saturated heterocycles. The molecule has 3 nitrogen and oxygen atoms in total. The number of rotatable bonds is 8. The van der Waals surface area contributed by atoms with Gasteiger partial charge < -0.3 is 10.1 Å². The molecule has 0 aliphatic carbocycles. The number of methoxy groups -OCH3 is 1. The molecule has 0 aromatic heterocycles. The molecule has 3 rings (SSSR count). The van der Waals surface area contributed by atoms with Crippen molar-refractivity contribution in [2.45, 2.75) is 32.2 Å². The van der Waals surface area contributed by atoms with E-state index in [9.17, 15) is 9.18 Å². The van der Waals surface area contributed by atoms with E-state index in [0.29, 0.717) is 17.7 Å². The summed E-state index contributed by atoms with van der Waals surface area (Å²) < 4.78 is 19.5. The van der Waals surface area contributed by atoms with Crippen molar-refractivity contribution < 1.29 is 13.9 Å². The molecule has 0 aliphatic rings. The van der Waals surface area contributed by atoms with Crippen molar-refractivity contribution >= 4 is 5.91 Å². The third-order valence-electron chi connectivity index (χ3n) is 4.89. The normalized spacial score (nSPS) is 11.7. The van der Waals surface area contributed by atoms with Crippen LogP contribution in [0, 0.1) is 5.82 Å². The minimum absolute atomic E-state index is 0.0489. The van der Waals surface area contributed by atoms with Crippen LogP contribution in [-0.4, -0.2) is 13.0 Å². The van der Waals surface area contributed by atoms with Gasteiger partial charge in [-0.3, -0.25) is 4.79 Å². The average Bonchev–Trinajstić information content (AvgIpc) is 2.76. The van der Waals surface area contributed by atoms with Gasteiger partial charge in [0.15, 0.2) is 0 Å². The highest BCUT2D eigenvalue weighted by molar-refractivity contribution is 5.77. The lowest BCUT2D eigenvalue weighted by Crippen LogP contribution is -2.29. The quantitative estimate of drug-likeness (QED) is 0.519. The number of hydrogen-bond donors (Lipinski definition) is 1. The van der Waals surface area contributed by atoms with E-state index < -0.39 is 6.04 Å². The van der Waals surface area contributed by atoms with Crippen molar-refractivity contribution in [3.05, 3.63) is 89.7 Å². The second-order valence-electron chi connectivity index (χ2n) is 6.98. The van der Waals surface area contributed by atoms with Crippen molar-refractivity contribution in [2.24, 2.45) is 0 Å². The maximum Gasteiger partial charge on any atom is 0.220 e. The second-order valence-corrected chi connectivity index (χ2v) is 6.98. The fourth-order valence-electron chi connectivity index (χ4n) is 3.36. The molecule has 0 bridgehead atoms. The van der Waals surface area contributed by atoms with E-state index in [4.69, 9.17) is 4.74 Å². The SMILES string of the molecule is CCCCC(=O)NC(c1cccc(F)c1)c1ccc(-c2ccccc2)c(OC)c1. The van der Waals surface area contributed by atoms with Crippen LogP contribution in [0.5, 0.6) is 5.75 Å². The molecule has 1 N–H and O–H groups in total. The van der Waals surface area contributed by atoms with Crippen molar-refractivity contribution in [1.82, 2.24) is 5.32 Å². The Bertz CT molecular complexity index is 956. The van der Waals surface area contributed by atoms with Crippen LogP contribution < -0.4 is 10.1 Å². The zero-order chi connectivity index (χ0) is 20.6. The van der Waals surface area contributed by atoms with Crippen LogP contribution in [0.3, 0.4) is 0 Å². The lowest BCUT2D eigenvalue weighted by molar-refractivity contribution is -0.121. The Balaban J connectivity index is 1.99.